The Labute approximate surface area is 127 Å². The number of ether oxygens (including phenoxy) is 1. The van der Waals surface area contributed by atoms with Gasteiger partial charge in [0, 0.05) is 17.8 Å². The predicted molar refractivity (Wildman–Crippen MR) is 86.2 cm³/mol. The second-order valence-electron chi connectivity index (χ2n) is 5.37. The molecule has 114 valence electrons. The second kappa shape index (κ2) is 7.27. The van der Waals surface area contributed by atoms with Gasteiger partial charge < -0.3 is 10.1 Å². The van der Waals surface area contributed by atoms with E-state index in [1.165, 1.54) is 24.0 Å². The first-order valence-corrected chi connectivity index (χ1v) is 7.56. The summed E-state index contributed by atoms with van der Waals surface area (Å²) in [5.41, 5.74) is 4.58. The lowest BCUT2D eigenvalue weighted by molar-refractivity contribution is 0.411. The van der Waals surface area contributed by atoms with E-state index < -0.39 is 0 Å². The van der Waals surface area contributed by atoms with Crippen LogP contribution in [-0.2, 0) is 6.54 Å². The molecule has 0 fully saturated rings. The maximum absolute atomic E-state index is 5.46. The van der Waals surface area contributed by atoms with Gasteiger partial charge in [0.15, 0.2) is 0 Å². The van der Waals surface area contributed by atoms with Gasteiger partial charge in [-0.2, -0.15) is 5.10 Å². The van der Waals surface area contributed by atoms with Gasteiger partial charge >= 0.3 is 0 Å². The average Bonchev–Trinajstić information content (AvgIpc) is 2.85. The van der Waals surface area contributed by atoms with Crippen molar-refractivity contribution in [3.63, 3.8) is 0 Å². The molecule has 0 amide bonds. The van der Waals surface area contributed by atoms with Crippen molar-refractivity contribution in [1.82, 2.24) is 15.1 Å². The lowest BCUT2D eigenvalue weighted by Crippen LogP contribution is -2.15. The highest BCUT2D eigenvalue weighted by molar-refractivity contribution is 5.49. The third kappa shape index (κ3) is 3.64. The van der Waals surface area contributed by atoms with Gasteiger partial charge in [0.25, 0.3) is 0 Å². The van der Waals surface area contributed by atoms with Crippen molar-refractivity contribution < 1.29 is 4.74 Å². The molecule has 21 heavy (non-hydrogen) atoms. The van der Waals surface area contributed by atoms with Crippen LogP contribution in [0.15, 0.2) is 24.4 Å². The molecule has 4 heteroatoms. The number of nitrogens with zero attached hydrogens (tertiary/aromatic N) is 2. The maximum Gasteiger partial charge on any atom is 0.144 e. The zero-order valence-corrected chi connectivity index (χ0v) is 13.4. The third-order valence-electron chi connectivity index (χ3n) is 3.70. The van der Waals surface area contributed by atoms with E-state index >= 15 is 0 Å². The van der Waals surface area contributed by atoms with Gasteiger partial charge in [-0.05, 0) is 44.5 Å². The van der Waals surface area contributed by atoms with Crippen molar-refractivity contribution in [2.75, 3.05) is 13.7 Å². The van der Waals surface area contributed by atoms with Gasteiger partial charge in [0.1, 0.15) is 11.4 Å². The Kier molecular flexibility index (Phi) is 5.39. The van der Waals surface area contributed by atoms with Crippen molar-refractivity contribution in [1.29, 1.82) is 0 Å². The van der Waals surface area contributed by atoms with E-state index in [9.17, 15) is 0 Å². The quantitative estimate of drug-likeness (QED) is 0.793. The number of methoxy groups -OCH3 is 1. The first-order chi connectivity index (χ1) is 10.2. The molecule has 1 heterocycles. The highest BCUT2D eigenvalue weighted by atomic mass is 16.5. The van der Waals surface area contributed by atoms with Crippen LogP contribution in [0.4, 0.5) is 0 Å². The molecule has 0 saturated carbocycles. The van der Waals surface area contributed by atoms with Crippen LogP contribution in [-0.4, -0.2) is 23.4 Å². The Morgan fingerprint density at radius 2 is 2.10 bits per heavy atom. The molecule has 1 aromatic carbocycles. The van der Waals surface area contributed by atoms with Crippen molar-refractivity contribution in [3.05, 3.63) is 41.2 Å². The summed E-state index contributed by atoms with van der Waals surface area (Å²) in [5.74, 6) is 0.845. The number of nitrogens with one attached hydrogen (secondary N) is 1. The Balaban J connectivity index is 2.22. The summed E-state index contributed by atoms with van der Waals surface area (Å²) >= 11 is 0. The number of benzene rings is 1. The normalized spacial score (nSPS) is 10.9. The summed E-state index contributed by atoms with van der Waals surface area (Å²) in [7, 11) is 1.69. The number of hydrogen-bond donors (Lipinski definition) is 1. The first-order valence-electron chi connectivity index (χ1n) is 7.56. The summed E-state index contributed by atoms with van der Waals surface area (Å²) in [6.07, 6.45) is 4.36. The van der Waals surface area contributed by atoms with Gasteiger partial charge in [-0.3, -0.25) is 0 Å². The minimum Gasteiger partial charge on any atom is -0.494 e. The minimum atomic E-state index is 0.845. The van der Waals surface area contributed by atoms with Gasteiger partial charge in [-0.25, -0.2) is 4.68 Å². The molecule has 1 aromatic heterocycles. The van der Waals surface area contributed by atoms with Crippen LogP contribution in [0.25, 0.3) is 5.69 Å². The summed E-state index contributed by atoms with van der Waals surface area (Å²) in [6.45, 7) is 8.30. The smallest absolute Gasteiger partial charge is 0.144 e. The number of hydrogen-bond acceptors (Lipinski definition) is 3. The Morgan fingerprint density at radius 3 is 2.81 bits per heavy atom. The fourth-order valence-corrected chi connectivity index (χ4v) is 2.35. The van der Waals surface area contributed by atoms with E-state index in [4.69, 9.17) is 4.74 Å². The number of unbranched alkanes of at least 4 members (excludes halogenated alkanes) is 1. The van der Waals surface area contributed by atoms with E-state index in [0.717, 1.165) is 30.2 Å². The molecule has 0 aliphatic carbocycles. The van der Waals surface area contributed by atoms with Crippen molar-refractivity contribution in [2.24, 2.45) is 0 Å². The Morgan fingerprint density at radius 1 is 1.29 bits per heavy atom. The SMILES string of the molecule is CCCCNCc1cnn(-c2cc(C)ccc2OC)c1C. The molecule has 1 N–H and O–H groups in total. The monoisotopic (exact) mass is 287 g/mol. The fourth-order valence-electron chi connectivity index (χ4n) is 2.35. The highest BCUT2D eigenvalue weighted by Gasteiger charge is 2.12. The summed E-state index contributed by atoms with van der Waals surface area (Å²) in [6, 6.07) is 6.15. The van der Waals surface area contributed by atoms with Gasteiger partial charge in [0.2, 0.25) is 0 Å². The Hall–Kier alpha value is -1.81. The molecule has 4 nitrogen and oxygen atoms in total. The largest absolute Gasteiger partial charge is 0.494 e. The zero-order chi connectivity index (χ0) is 15.2. The van der Waals surface area contributed by atoms with Gasteiger partial charge in [-0.15, -0.1) is 0 Å². The highest BCUT2D eigenvalue weighted by Crippen LogP contribution is 2.25. The summed E-state index contributed by atoms with van der Waals surface area (Å²) < 4.78 is 7.42. The van der Waals surface area contributed by atoms with Crippen LogP contribution in [0.5, 0.6) is 5.75 Å². The molecule has 0 radical (unpaired) electrons. The number of aryl methyl sites for hydroxylation is 1. The molecule has 0 spiro atoms. The van der Waals surface area contributed by atoms with Crippen molar-refractivity contribution in [3.8, 4) is 11.4 Å². The van der Waals surface area contributed by atoms with Crippen LogP contribution in [0.1, 0.15) is 36.6 Å². The Bertz CT molecular complexity index is 590. The van der Waals surface area contributed by atoms with E-state index in [2.05, 4.69) is 37.3 Å². The van der Waals surface area contributed by atoms with E-state index in [1.54, 1.807) is 7.11 Å². The van der Waals surface area contributed by atoms with Gasteiger partial charge in [0.05, 0.1) is 13.3 Å². The number of aromatic nitrogens is 2. The molecule has 0 aliphatic heterocycles. The lowest BCUT2D eigenvalue weighted by atomic mass is 10.2. The number of rotatable bonds is 7. The molecule has 0 unspecified atom stereocenters. The van der Waals surface area contributed by atoms with Crippen LogP contribution >= 0.6 is 0 Å². The van der Waals surface area contributed by atoms with Crippen molar-refractivity contribution >= 4 is 0 Å². The van der Waals surface area contributed by atoms with E-state index in [1.807, 2.05) is 23.0 Å². The standard InChI is InChI=1S/C17H25N3O/c1-5-6-9-18-11-15-12-19-20(14(15)3)16-10-13(2)7-8-17(16)21-4/h7-8,10,12,18H,5-6,9,11H2,1-4H3. The summed E-state index contributed by atoms with van der Waals surface area (Å²) in [4.78, 5) is 0. The van der Waals surface area contributed by atoms with Gasteiger partial charge in [-0.1, -0.05) is 19.4 Å². The van der Waals surface area contributed by atoms with Crippen LogP contribution in [0.3, 0.4) is 0 Å². The molecular weight excluding hydrogens is 262 g/mol. The molecule has 0 aliphatic rings. The third-order valence-corrected chi connectivity index (χ3v) is 3.70. The minimum absolute atomic E-state index is 0.845. The lowest BCUT2D eigenvalue weighted by Gasteiger charge is -2.11. The van der Waals surface area contributed by atoms with Crippen LogP contribution in [0, 0.1) is 13.8 Å². The van der Waals surface area contributed by atoms with Crippen LogP contribution < -0.4 is 10.1 Å². The maximum atomic E-state index is 5.46. The van der Waals surface area contributed by atoms with E-state index in [0.29, 0.717) is 0 Å². The van der Waals surface area contributed by atoms with Crippen LogP contribution in [0.2, 0.25) is 0 Å². The molecule has 0 atom stereocenters. The first kappa shape index (κ1) is 15.6. The molecule has 0 bridgehead atoms. The average molecular weight is 287 g/mol. The predicted octanol–water partition coefficient (Wildman–Crippen LogP) is 3.39. The van der Waals surface area contributed by atoms with E-state index in [-0.39, 0.29) is 0 Å². The molecule has 0 saturated heterocycles. The second-order valence-corrected chi connectivity index (χ2v) is 5.37. The molecular formula is C17H25N3O. The fraction of sp³-hybridized carbons (Fsp3) is 0.471. The summed E-state index contributed by atoms with van der Waals surface area (Å²) in [5, 5.41) is 7.99. The molecule has 2 rings (SSSR count). The molecule has 2 aromatic rings. The zero-order valence-electron chi connectivity index (χ0n) is 13.4. The van der Waals surface area contributed by atoms with Crippen molar-refractivity contribution in [2.45, 2.75) is 40.2 Å². The topological polar surface area (TPSA) is 39.1 Å².